The minimum atomic E-state index is 0.290. The highest BCUT2D eigenvalue weighted by Gasteiger charge is 2.62. The lowest BCUT2D eigenvalue weighted by Gasteiger charge is -2.38. The van der Waals surface area contributed by atoms with Crippen molar-refractivity contribution in [2.45, 2.75) is 46.1 Å². The van der Waals surface area contributed by atoms with E-state index in [-0.39, 0.29) is 5.41 Å². The molecule has 0 aromatic carbocycles. The van der Waals surface area contributed by atoms with E-state index in [2.05, 4.69) is 25.8 Å². The summed E-state index contributed by atoms with van der Waals surface area (Å²) >= 11 is 1.45. The van der Waals surface area contributed by atoms with Crippen LogP contribution in [0.4, 0.5) is 5.00 Å². The van der Waals surface area contributed by atoms with Crippen LogP contribution >= 0.6 is 11.3 Å². The smallest absolute Gasteiger partial charge is 0.275 e. The SMILES string of the molecule is CC1(C)C2CCC1(C)C(Oc1ncc(N)s1)C2. The Morgan fingerprint density at radius 2 is 2.24 bits per heavy atom. The number of aromatic nitrogens is 1. The highest BCUT2D eigenvalue weighted by molar-refractivity contribution is 7.17. The summed E-state index contributed by atoms with van der Waals surface area (Å²) in [6.45, 7) is 7.16. The first-order chi connectivity index (χ1) is 7.93. The fraction of sp³-hybridized carbons (Fsp3) is 0.769. The van der Waals surface area contributed by atoms with Gasteiger partial charge < -0.3 is 10.5 Å². The predicted molar refractivity (Wildman–Crippen MR) is 70.2 cm³/mol. The Bertz CT molecular complexity index is 442. The molecule has 2 aliphatic rings. The Morgan fingerprint density at radius 3 is 2.71 bits per heavy atom. The topological polar surface area (TPSA) is 48.1 Å². The summed E-state index contributed by atoms with van der Waals surface area (Å²) in [7, 11) is 0. The number of fused-ring (bicyclic) bond motifs is 2. The molecule has 17 heavy (non-hydrogen) atoms. The van der Waals surface area contributed by atoms with Gasteiger partial charge in [-0.05, 0) is 30.6 Å². The molecule has 0 amide bonds. The molecule has 1 aromatic rings. The van der Waals surface area contributed by atoms with E-state index in [1.165, 1.54) is 30.6 Å². The molecule has 2 N–H and O–H groups in total. The summed E-state index contributed by atoms with van der Waals surface area (Å²) in [5.41, 5.74) is 6.37. The van der Waals surface area contributed by atoms with Crippen LogP contribution in [0.1, 0.15) is 40.0 Å². The van der Waals surface area contributed by atoms with E-state index in [1.807, 2.05) is 0 Å². The Labute approximate surface area is 106 Å². The normalized spacial score (nSPS) is 38.5. The summed E-state index contributed by atoms with van der Waals surface area (Å²) in [6, 6.07) is 0. The number of nitrogens with two attached hydrogens (primary N) is 1. The van der Waals surface area contributed by atoms with Crippen LogP contribution in [0, 0.1) is 16.7 Å². The Kier molecular flexibility index (Phi) is 2.25. The van der Waals surface area contributed by atoms with Gasteiger partial charge in [-0.3, -0.25) is 0 Å². The van der Waals surface area contributed by atoms with Crippen LogP contribution < -0.4 is 10.5 Å². The lowest BCUT2D eigenvalue weighted by Crippen LogP contribution is -2.38. The van der Waals surface area contributed by atoms with Crippen molar-refractivity contribution in [3.8, 4) is 5.19 Å². The number of rotatable bonds is 2. The molecule has 2 fully saturated rings. The highest BCUT2D eigenvalue weighted by atomic mass is 32.1. The first kappa shape index (κ1) is 11.3. The molecule has 3 unspecified atom stereocenters. The van der Waals surface area contributed by atoms with E-state index >= 15 is 0 Å². The number of nitrogen functional groups attached to an aromatic ring is 1. The van der Waals surface area contributed by atoms with E-state index in [9.17, 15) is 0 Å². The quantitative estimate of drug-likeness (QED) is 0.878. The Hall–Kier alpha value is -0.770. The van der Waals surface area contributed by atoms with Crippen LogP contribution in [-0.2, 0) is 0 Å². The summed E-state index contributed by atoms with van der Waals surface area (Å²) < 4.78 is 6.10. The zero-order chi connectivity index (χ0) is 12.3. The molecule has 2 saturated carbocycles. The van der Waals surface area contributed by atoms with Gasteiger partial charge in [-0.15, -0.1) is 0 Å². The van der Waals surface area contributed by atoms with Gasteiger partial charge in [0.2, 0.25) is 0 Å². The zero-order valence-corrected chi connectivity index (χ0v) is 11.5. The van der Waals surface area contributed by atoms with Crippen LogP contribution in [0.5, 0.6) is 5.19 Å². The molecule has 2 bridgehead atoms. The number of ether oxygens (including phenoxy) is 1. The van der Waals surface area contributed by atoms with Crippen molar-refractivity contribution in [3.05, 3.63) is 6.20 Å². The van der Waals surface area contributed by atoms with Crippen LogP contribution in [0.25, 0.3) is 0 Å². The summed E-state index contributed by atoms with van der Waals surface area (Å²) in [4.78, 5) is 4.21. The first-order valence-corrected chi connectivity index (χ1v) is 7.13. The molecule has 1 heterocycles. The molecular formula is C13H20N2OS. The van der Waals surface area contributed by atoms with E-state index < -0.39 is 0 Å². The number of thiazole rings is 1. The summed E-state index contributed by atoms with van der Waals surface area (Å²) in [5, 5.41) is 1.46. The van der Waals surface area contributed by atoms with Gasteiger partial charge in [0.15, 0.2) is 0 Å². The van der Waals surface area contributed by atoms with Crippen LogP contribution in [-0.4, -0.2) is 11.1 Å². The third-order valence-corrected chi connectivity index (χ3v) is 6.18. The van der Waals surface area contributed by atoms with Crippen LogP contribution in [0.3, 0.4) is 0 Å². The molecule has 94 valence electrons. The van der Waals surface area contributed by atoms with Crippen molar-refractivity contribution >= 4 is 16.3 Å². The van der Waals surface area contributed by atoms with Gasteiger partial charge in [0, 0.05) is 5.41 Å². The van der Waals surface area contributed by atoms with Gasteiger partial charge >= 0.3 is 0 Å². The Morgan fingerprint density at radius 1 is 1.47 bits per heavy atom. The minimum Gasteiger partial charge on any atom is -0.466 e. The van der Waals surface area contributed by atoms with Crippen molar-refractivity contribution < 1.29 is 4.74 Å². The second-order valence-electron chi connectivity index (χ2n) is 6.25. The van der Waals surface area contributed by atoms with E-state index in [0.717, 1.165) is 16.1 Å². The zero-order valence-electron chi connectivity index (χ0n) is 10.7. The van der Waals surface area contributed by atoms with Crippen molar-refractivity contribution in [3.63, 3.8) is 0 Å². The van der Waals surface area contributed by atoms with Gasteiger partial charge in [0.1, 0.15) is 11.1 Å². The van der Waals surface area contributed by atoms with Crippen molar-refractivity contribution in [2.75, 3.05) is 5.73 Å². The molecule has 3 nitrogen and oxygen atoms in total. The minimum absolute atomic E-state index is 0.290. The lowest BCUT2D eigenvalue weighted by molar-refractivity contribution is 0.0300. The van der Waals surface area contributed by atoms with Gasteiger partial charge in [0.25, 0.3) is 5.19 Å². The molecule has 0 saturated heterocycles. The molecule has 3 atom stereocenters. The first-order valence-electron chi connectivity index (χ1n) is 6.31. The maximum Gasteiger partial charge on any atom is 0.275 e. The summed E-state index contributed by atoms with van der Waals surface area (Å²) in [5.74, 6) is 0.801. The van der Waals surface area contributed by atoms with Gasteiger partial charge in [0.05, 0.1) is 6.20 Å². The molecular weight excluding hydrogens is 232 g/mol. The molecule has 1 aromatic heterocycles. The van der Waals surface area contributed by atoms with E-state index in [0.29, 0.717) is 11.5 Å². The van der Waals surface area contributed by atoms with E-state index in [1.54, 1.807) is 6.20 Å². The fourth-order valence-electron chi connectivity index (χ4n) is 3.75. The standard InChI is InChI=1S/C13H20N2OS/c1-12(2)8-4-5-13(12,3)9(6-8)16-11-15-7-10(14)17-11/h7-9H,4-6,14H2,1-3H3. The molecule has 3 rings (SSSR count). The van der Waals surface area contributed by atoms with Crippen molar-refractivity contribution in [2.24, 2.45) is 16.7 Å². The van der Waals surface area contributed by atoms with Gasteiger partial charge in [-0.2, -0.15) is 0 Å². The molecule has 0 radical (unpaired) electrons. The average molecular weight is 252 g/mol. The van der Waals surface area contributed by atoms with Gasteiger partial charge in [-0.25, -0.2) is 4.98 Å². The summed E-state index contributed by atoms with van der Waals surface area (Å²) in [6.07, 6.45) is 5.78. The molecule has 2 aliphatic carbocycles. The van der Waals surface area contributed by atoms with Crippen molar-refractivity contribution in [1.82, 2.24) is 4.98 Å². The maximum absolute atomic E-state index is 6.10. The second-order valence-corrected chi connectivity index (χ2v) is 7.27. The average Bonchev–Trinajstić information content (AvgIpc) is 2.80. The second kappa shape index (κ2) is 3.37. The third-order valence-electron chi connectivity index (χ3n) is 5.46. The highest BCUT2D eigenvalue weighted by Crippen LogP contribution is 2.66. The van der Waals surface area contributed by atoms with Crippen LogP contribution in [0.15, 0.2) is 6.20 Å². The molecule has 0 spiro atoms. The Balaban J connectivity index is 1.83. The predicted octanol–water partition coefficient (Wildman–Crippen LogP) is 3.32. The largest absolute Gasteiger partial charge is 0.466 e. The number of nitrogens with zero attached hydrogens (tertiary/aromatic N) is 1. The third kappa shape index (κ3) is 1.43. The van der Waals surface area contributed by atoms with Crippen molar-refractivity contribution in [1.29, 1.82) is 0 Å². The number of hydrogen-bond acceptors (Lipinski definition) is 4. The molecule has 0 aliphatic heterocycles. The molecule has 4 heteroatoms. The lowest BCUT2D eigenvalue weighted by atomic mass is 9.70. The number of anilines is 1. The van der Waals surface area contributed by atoms with Crippen LogP contribution in [0.2, 0.25) is 0 Å². The van der Waals surface area contributed by atoms with E-state index in [4.69, 9.17) is 10.5 Å². The van der Waals surface area contributed by atoms with Gasteiger partial charge in [-0.1, -0.05) is 32.1 Å². The number of hydrogen-bond donors (Lipinski definition) is 1. The monoisotopic (exact) mass is 252 g/mol. The maximum atomic E-state index is 6.10. The fourth-order valence-corrected chi connectivity index (χ4v) is 4.33.